The fourth-order valence-corrected chi connectivity index (χ4v) is 0.850. The van der Waals surface area contributed by atoms with Gasteiger partial charge in [-0.25, -0.2) is 9.18 Å². The van der Waals surface area contributed by atoms with Crippen molar-refractivity contribution in [3.05, 3.63) is 0 Å². The summed E-state index contributed by atoms with van der Waals surface area (Å²) in [6.07, 6.45) is -4.61. The van der Waals surface area contributed by atoms with E-state index in [1.807, 2.05) is 0 Å². The lowest BCUT2D eigenvalue weighted by Crippen LogP contribution is -2.51. The fourth-order valence-electron chi connectivity index (χ4n) is 0.850. The molecule has 0 amide bonds. The molecular formula is C6H7F4NO2. The van der Waals surface area contributed by atoms with E-state index in [1.54, 1.807) is 0 Å². The molecule has 3 nitrogen and oxygen atoms in total. The van der Waals surface area contributed by atoms with Gasteiger partial charge in [-0.2, -0.15) is 13.2 Å². The van der Waals surface area contributed by atoms with Crippen molar-refractivity contribution in [1.82, 2.24) is 5.06 Å². The third kappa shape index (κ3) is 2.30. The molecule has 0 unspecified atom stereocenters. The summed E-state index contributed by atoms with van der Waals surface area (Å²) in [5.41, 5.74) is 0. The van der Waals surface area contributed by atoms with Gasteiger partial charge in [-0.3, -0.25) is 0 Å². The molecule has 0 bridgehead atoms. The first kappa shape index (κ1) is 10.2. The molecular weight excluding hydrogens is 194 g/mol. The summed E-state index contributed by atoms with van der Waals surface area (Å²) in [6, 6.07) is -0.716. The molecule has 7 heteroatoms. The molecule has 0 aromatic carbocycles. The lowest BCUT2D eigenvalue weighted by molar-refractivity contribution is -0.265. The first-order valence-electron chi connectivity index (χ1n) is 3.57. The van der Waals surface area contributed by atoms with E-state index in [0.717, 1.165) is 0 Å². The lowest BCUT2D eigenvalue weighted by Gasteiger charge is -2.36. The van der Waals surface area contributed by atoms with Crippen LogP contribution in [-0.4, -0.2) is 36.5 Å². The highest BCUT2D eigenvalue weighted by Crippen LogP contribution is 2.23. The topological polar surface area (TPSA) is 29.5 Å². The van der Waals surface area contributed by atoms with Crippen LogP contribution in [0.3, 0.4) is 0 Å². The Morgan fingerprint density at radius 3 is 2.46 bits per heavy atom. The van der Waals surface area contributed by atoms with Crippen LogP contribution in [0.25, 0.3) is 0 Å². The summed E-state index contributed by atoms with van der Waals surface area (Å²) in [5, 5.41) is 0.704. The normalized spacial score (nSPS) is 23.8. The maximum atomic E-state index is 11.9. The SMILES string of the molecule is O=C(ON1CC[C@@H]1CF)C(F)(F)F. The Balaban J connectivity index is 2.37. The van der Waals surface area contributed by atoms with Gasteiger partial charge in [0.25, 0.3) is 0 Å². The third-order valence-corrected chi connectivity index (χ3v) is 1.70. The molecule has 76 valence electrons. The van der Waals surface area contributed by atoms with Gasteiger partial charge in [0.1, 0.15) is 6.67 Å². The first-order valence-corrected chi connectivity index (χ1v) is 3.57. The summed E-state index contributed by atoms with van der Waals surface area (Å²) in [5.74, 6) is -2.30. The van der Waals surface area contributed by atoms with Crippen LogP contribution in [0.1, 0.15) is 6.42 Å². The second-order valence-corrected chi connectivity index (χ2v) is 2.61. The van der Waals surface area contributed by atoms with Crippen molar-refractivity contribution in [2.45, 2.75) is 18.6 Å². The fraction of sp³-hybridized carbons (Fsp3) is 0.833. The molecule has 1 saturated heterocycles. The molecule has 13 heavy (non-hydrogen) atoms. The quantitative estimate of drug-likeness (QED) is 0.625. The Morgan fingerprint density at radius 2 is 2.15 bits per heavy atom. The molecule has 0 N–H and O–H groups in total. The largest absolute Gasteiger partial charge is 0.492 e. The van der Waals surface area contributed by atoms with Gasteiger partial charge >= 0.3 is 12.1 Å². The van der Waals surface area contributed by atoms with Crippen molar-refractivity contribution in [2.75, 3.05) is 13.2 Å². The van der Waals surface area contributed by atoms with E-state index in [1.165, 1.54) is 0 Å². The second kappa shape index (κ2) is 3.49. The maximum Gasteiger partial charge on any atom is 0.492 e. The van der Waals surface area contributed by atoms with E-state index in [2.05, 4.69) is 4.84 Å². The zero-order chi connectivity index (χ0) is 10.1. The Kier molecular flexibility index (Phi) is 2.74. The molecule has 0 aromatic heterocycles. The van der Waals surface area contributed by atoms with Crippen LogP contribution in [-0.2, 0) is 9.63 Å². The number of rotatable bonds is 2. The molecule has 0 spiro atoms. The van der Waals surface area contributed by atoms with E-state index in [9.17, 15) is 22.4 Å². The van der Waals surface area contributed by atoms with Crippen LogP contribution in [0.4, 0.5) is 17.6 Å². The highest BCUT2D eigenvalue weighted by molar-refractivity contribution is 5.75. The Bertz CT molecular complexity index is 203. The number of halogens is 4. The van der Waals surface area contributed by atoms with Gasteiger partial charge in [0.2, 0.25) is 0 Å². The van der Waals surface area contributed by atoms with Crippen molar-refractivity contribution < 1.29 is 27.2 Å². The molecule has 1 aliphatic heterocycles. The second-order valence-electron chi connectivity index (χ2n) is 2.61. The zero-order valence-corrected chi connectivity index (χ0v) is 6.47. The van der Waals surface area contributed by atoms with Crippen LogP contribution in [0.2, 0.25) is 0 Å². The lowest BCUT2D eigenvalue weighted by atomic mass is 10.1. The first-order chi connectivity index (χ1) is 5.95. The van der Waals surface area contributed by atoms with Gasteiger partial charge < -0.3 is 4.84 Å². The van der Waals surface area contributed by atoms with Crippen molar-refractivity contribution >= 4 is 5.97 Å². The molecule has 1 aliphatic rings. The summed E-state index contributed by atoms with van der Waals surface area (Å²) < 4.78 is 46.7. The van der Waals surface area contributed by atoms with Crippen molar-refractivity contribution in [1.29, 1.82) is 0 Å². The van der Waals surface area contributed by atoms with Crippen LogP contribution in [0, 0.1) is 0 Å². The number of alkyl halides is 4. The van der Waals surface area contributed by atoms with Crippen LogP contribution < -0.4 is 0 Å². The van der Waals surface area contributed by atoms with Gasteiger partial charge in [-0.1, -0.05) is 0 Å². The van der Waals surface area contributed by atoms with Gasteiger partial charge in [0, 0.05) is 6.54 Å². The minimum Gasteiger partial charge on any atom is -0.360 e. The van der Waals surface area contributed by atoms with Crippen LogP contribution in [0.5, 0.6) is 0 Å². The monoisotopic (exact) mass is 201 g/mol. The van der Waals surface area contributed by atoms with E-state index < -0.39 is 24.9 Å². The summed E-state index contributed by atoms with van der Waals surface area (Å²) in [4.78, 5) is 14.1. The molecule has 1 atom stereocenters. The maximum absolute atomic E-state index is 11.9. The number of carbonyl (C=O) groups is 1. The van der Waals surface area contributed by atoms with Crippen LogP contribution in [0.15, 0.2) is 0 Å². The number of hydrogen-bond acceptors (Lipinski definition) is 3. The molecule has 1 heterocycles. The molecule has 1 fully saturated rings. The number of nitrogens with zero attached hydrogens (tertiary/aromatic N) is 1. The van der Waals surface area contributed by atoms with E-state index >= 15 is 0 Å². The summed E-state index contributed by atoms with van der Waals surface area (Å²) in [7, 11) is 0. The molecule has 0 aromatic rings. The van der Waals surface area contributed by atoms with Crippen molar-refractivity contribution in [3.63, 3.8) is 0 Å². The summed E-state index contributed by atoms with van der Waals surface area (Å²) >= 11 is 0. The van der Waals surface area contributed by atoms with Crippen molar-refractivity contribution in [2.24, 2.45) is 0 Å². The van der Waals surface area contributed by atoms with E-state index in [-0.39, 0.29) is 6.54 Å². The molecule has 0 radical (unpaired) electrons. The number of hydroxylamine groups is 2. The smallest absolute Gasteiger partial charge is 0.360 e. The predicted molar refractivity (Wildman–Crippen MR) is 33.2 cm³/mol. The van der Waals surface area contributed by atoms with Gasteiger partial charge in [-0.05, 0) is 6.42 Å². The Hall–Kier alpha value is -0.850. The third-order valence-electron chi connectivity index (χ3n) is 1.70. The highest BCUT2D eigenvalue weighted by atomic mass is 19.4. The Labute approximate surface area is 71.2 Å². The van der Waals surface area contributed by atoms with E-state index in [0.29, 0.717) is 11.5 Å². The minimum atomic E-state index is -5.02. The number of hydrogen-bond donors (Lipinski definition) is 0. The van der Waals surface area contributed by atoms with E-state index in [4.69, 9.17) is 0 Å². The van der Waals surface area contributed by atoms with Gasteiger partial charge in [-0.15, -0.1) is 5.06 Å². The van der Waals surface area contributed by atoms with Crippen molar-refractivity contribution in [3.8, 4) is 0 Å². The molecule has 0 saturated carbocycles. The standard InChI is InChI=1S/C6H7F4NO2/c7-3-4-1-2-11(4)13-5(12)6(8,9)10/h4H,1-3H2/t4-/m1/s1. The zero-order valence-electron chi connectivity index (χ0n) is 6.47. The minimum absolute atomic E-state index is 0.149. The van der Waals surface area contributed by atoms with Gasteiger partial charge in [0.15, 0.2) is 0 Å². The van der Waals surface area contributed by atoms with Crippen LogP contribution >= 0.6 is 0 Å². The molecule has 0 aliphatic carbocycles. The molecule has 1 rings (SSSR count). The predicted octanol–water partition coefficient (Wildman–Crippen LogP) is 1.05. The highest BCUT2D eigenvalue weighted by Gasteiger charge is 2.44. The van der Waals surface area contributed by atoms with Gasteiger partial charge in [0.05, 0.1) is 6.04 Å². The average Bonchev–Trinajstić information content (AvgIpc) is 1.96. The Morgan fingerprint density at radius 1 is 1.54 bits per heavy atom. The summed E-state index contributed by atoms with van der Waals surface area (Å²) in [6.45, 7) is -0.665. The number of carbonyl (C=O) groups excluding carboxylic acids is 1. The average molecular weight is 201 g/mol.